The van der Waals surface area contributed by atoms with Gasteiger partial charge in [-0.3, -0.25) is 0 Å². The summed E-state index contributed by atoms with van der Waals surface area (Å²) in [6.07, 6.45) is 6.07. The van der Waals surface area contributed by atoms with Crippen LogP contribution in [0.3, 0.4) is 0 Å². The van der Waals surface area contributed by atoms with E-state index in [-0.39, 0.29) is 12.4 Å². The first-order valence-electron chi connectivity index (χ1n) is 8.00. The van der Waals surface area contributed by atoms with Gasteiger partial charge in [-0.1, -0.05) is 6.07 Å². The Kier molecular flexibility index (Phi) is 4.63. The normalized spacial score (nSPS) is 15.5. The number of fused-ring (bicyclic) bond motifs is 1. The summed E-state index contributed by atoms with van der Waals surface area (Å²) in [5.74, 6) is 0.120. The molecule has 23 heavy (non-hydrogen) atoms. The van der Waals surface area contributed by atoms with Crippen molar-refractivity contribution < 1.29 is 14.3 Å². The third kappa shape index (κ3) is 3.08. The second-order valence-corrected chi connectivity index (χ2v) is 5.72. The monoisotopic (exact) mass is 312 g/mol. The van der Waals surface area contributed by atoms with Crippen molar-refractivity contribution in [3.05, 3.63) is 41.2 Å². The van der Waals surface area contributed by atoms with Crippen LogP contribution in [0.2, 0.25) is 0 Å². The second kappa shape index (κ2) is 6.84. The molecule has 0 aliphatic carbocycles. The van der Waals surface area contributed by atoms with E-state index in [1.807, 2.05) is 10.5 Å². The number of carbonyl (C=O) groups is 1. The second-order valence-electron chi connectivity index (χ2n) is 5.72. The Labute approximate surface area is 135 Å². The minimum absolute atomic E-state index is 0.196. The maximum absolute atomic E-state index is 12.1. The van der Waals surface area contributed by atoms with Crippen molar-refractivity contribution >= 4 is 11.5 Å². The van der Waals surface area contributed by atoms with Gasteiger partial charge in [0, 0.05) is 31.2 Å². The van der Waals surface area contributed by atoms with Gasteiger partial charge in [0.25, 0.3) is 0 Å². The molecule has 1 aliphatic heterocycles. The summed E-state index contributed by atoms with van der Waals surface area (Å²) in [6, 6.07) is 6.24. The summed E-state index contributed by atoms with van der Waals surface area (Å²) in [5.41, 5.74) is 3.36. The zero-order chi connectivity index (χ0) is 16.2. The third-order valence-electron chi connectivity index (χ3n) is 4.35. The number of ether oxygens (including phenoxy) is 2. The zero-order valence-electron chi connectivity index (χ0n) is 13.2. The van der Waals surface area contributed by atoms with E-state index < -0.39 is 0 Å². The number of pyridine rings is 1. The van der Waals surface area contributed by atoms with Crippen LogP contribution in [-0.2, 0) is 15.9 Å². The summed E-state index contributed by atoms with van der Waals surface area (Å²) < 4.78 is 12.5. The topological polar surface area (TPSA) is 63.7 Å². The SMILES string of the molecule is CCOC(=O)c1cn2cc(C3CCOCC3)ccc2c1CC#N. The summed E-state index contributed by atoms with van der Waals surface area (Å²) in [4.78, 5) is 12.1. The summed E-state index contributed by atoms with van der Waals surface area (Å²) in [7, 11) is 0. The fourth-order valence-corrected chi connectivity index (χ4v) is 3.17. The van der Waals surface area contributed by atoms with Crippen molar-refractivity contribution in [1.29, 1.82) is 5.26 Å². The van der Waals surface area contributed by atoms with Gasteiger partial charge in [0.05, 0.1) is 30.2 Å². The number of hydrogen-bond acceptors (Lipinski definition) is 4. The Morgan fingerprint density at radius 2 is 2.17 bits per heavy atom. The fourth-order valence-electron chi connectivity index (χ4n) is 3.17. The smallest absolute Gasteiger partial charge is 0.340 e. The lowest BCUT2D eigenvalue weighted by molar-refractivity contribution is 0.0525. The molecule has 0 bridgehead atoms. The number of aromatic nitrogens is 1. The summed E-state index contributed by atoms with van der Waals surface area (Å²) in [5, 5.41) is 9.07. The average molecular weight is 312 g/mol. The van der Waals surface area contributed by atoms with Gasteiger partial charge in [0.1, 0.15) is 0 Å². The maximum Gasteiger partial charge on any atom is 0.340 e. The molecule has 0 unspecified atom stereocenters. The van der Waals surface area contributed by atoms with Gasteiger partial charge in [0.15, 0.2) is 0 Å². The first-order valence-corrected chi connectivity index (χ1v) is 8.00. The molecule has 1 fully saturated rings. The average Bonchev–Trinajstić information content (AvgIpc) is 2.94. The van der Waals surface area contributed by atoms with Crippen LogP contribution >= 0.6 is 0 Å². The molecule has 0 aromatic carbocycles. The summed E-state index contributed by atoms with van der Waals surface area (Å²) in [6.45, 7) is 3.69. The molecule has 0 saturated carbocycles. The molecule has 2 aromatic heterocycles. The quantitative estimate of drug-likeness (QED) is 0.814. The molecule has 1 saturated heterocycles. The van der Waals surface area contributed by atoms with Gasteiger partial charge in [0.2, 0.25) is 0 Å². The lowest BCUT2D eigenvalue weighted by Crippen LogP contribution is -2.14. The highest BCUT2D eigenvalue weighted by molar-refractivity contribution is 5.94. The van der Waals surface area contributed by atoms with Crippen molar-refractivity contribution in [2.75, 3.05) is 19.8 Å². The largest absolute Gasteiger partial charge is 0.462 e. The van der Waals surface area contributed by atoms with Gasteiger partial charge in [-0.2, -0.15) is 5.26 Å². The van der Waals surface area contributed by atoms with E-state index >= 15 is 0 Å². The van der Waals surface area contributed by atoms with E-state index in [9.17, 15) is 4.79 Å². The van der Waals surface area contributed by atoms with E-state index in [1.54, 1.807) is 13.1 Å². The molecule has 0 atom stereocenters. The maximum atomic E-state index is 12.1. The van der Waals surface area contributed by atoms with E-state index in [4.69, 9.17) is 14.7 Å². The van der Waals surface area contributed by atoms with Gasteiger partial charge in [-0.05, 0) is 37.3 Å². The van der Waals surface area contributed by atoms with Crippen LogP contribution in [-0.4, -0.2) is 30.2 Å². The molecular weight excluding hydrogens is 292 g/mol. The molecule has 0 spiro atoms. The predicted molar refractivity (Wildman–Crippen MR) is 85.5 cm³/mol. The van der Waals surface area contributed by atoms with Crippen molar-refractivity contribution in [2.45, 2.75) is 32.1 Å². The third-order valence-corrected chi connectivity index (χ3v) is 4.35. The molecule has 5 heteroatoms. The van der Waals surface area contributed by atoms with Crippen LogP contribution in [0.4, 0.5) is 0 Å². The number of nitriles is 1. The molecule has 0 amide bonds. The highest BCUT2D eigenvalue weighted by Gasteiger charge is 2.20. The zero-order valence-corrected chi connectivity index (χ0v) is 13.2. The minimum Gasteiger partial charge on any atom is -0.462 e. The number of rotatable bonds is 4. The van der Waals surface area contributed by atoms with Crippen molar-refractivity contribution in [3.63, 3.8) is 0 Å². The van der Waals surface area contributed by atoms with Crippen molar-refractivity contribution in [1.82, 2.24) is 4.40 Å². The predicted octanol–water partition coefficient (Wildman–Crippen LogP) is 3.08. The molecule has 5 nitrogen and oxygen atoms in total. The first-order chi connectivity index (χ1) is 11.2. The van der Waals surface area contributed by atoms with Crippen LogP contribution in [0.5, 0.6) is 0 Å². The molecule has 3 heterocycles. The number of nitrogens with zero attached hydrogens (tertiary/aromatic N) is 2. The molecular formula is C18H20N2O3. The Morgan fingerprint density at radius 1 is 1.39 bits per heavy atom. The van der Waals surface area contributed by atoms with Gasteiger partial charge >= 0.3 is 5.97 Å². The van der Waals surface area contributed by atoms with E-state index in [0.29, 0.717) is 18.1 Å². The highest BCUT2D eigenvalue weighted by Crippen LogP contribution is 2.29. The van der Waals surface area contributed by atoms with Gasteiger partial charge in [-0.15, -0.1) is 0 Å². The fraction of sp³-hybridized carbons (Fsp3) is 0.444. The van der Waals surface area contributed by atoms with E-state index in [2.05, 4.69) is 18.3 Å². The first kappa shape index (κ1) is 15.6. The van der Waals surface area contributed by atoms with Crippen LogP contribution in [0.25, 0.3) is 5.52 Å². The molecule has 2 aromatic rings. The molecule has 0 radical (unpaired) electrons. The standard InChI is InChI=1S/C18H20N2O3/c1-2-23-18(21)16-12-20-11-14(13-6-9-22-10-7-13)3-4-17(20)15(16)5-8-19/h3-4,11-13H,2,5-7,9-10H2,1H3. The molecule has 3 rings (SSSR count). The lowest BCUT2D eigenvalue weighted by Gasteiger charge is -2.22. The van der Waals surface area contributed by atoms with Crippen molar-refractivity contribution in [2.24, 2.45) is 0 Å². The molecule has 0 N–H and O–H groups in total. The van der Waals surface area contributed by atoms with Crippen LogP contribution in [0, 0.1) is 11.3 Å². The van der Waals surface area contributed by atoms with Crippen LogP contribution < -0.4 is 0 Å². The van der Waals surface area contributed by atoms with Gasteiger partial charge < -0.3 is 13.9 Å². The van der Waals surface area contributed by atoms with Crippen molar-refractivity contribution in [3.8, 4) is 6.07 Å². The lowest BCUT2D eigenvalue weighted by atomic mass is 9.93. The minimum atomic E-state index is -0.367. The number of esters is 1. The Hall–Kier alpha value is -2.32. The highest BCUT2D eigenvalue weighted by atomic mass is 16.5. The van der Waals surface area contributed by atoms with E-state index in [0.717, 1.165) is 37.1 Å². The Morgan fingerprint density at radius 3 is 2.87 bits per heavy atom. The molecule has 120 valence electrons. The Bertz CT molecular complexity index is 751. The summed E-state index contributed by atoms with van der Waals surface area (Å²) >= 11 is 0. The van der Waals surface area contributed by atoms with E-state index in [1.165, 1.54) is 5.56 Å². The number of hydrogen-bond donors (Lipinski definition) is 0. The van der Waals surface area contributed by atoms with Gasteiger partial charge in [-0.25, -0.2) is 4.79 Å². The number of carbonyl (C=O) groups excluding carboxylic acids is 1. The molecule has 1 aliphatic rings. The van der Waals surface area contributed by atoms with Crippen LogP contribution in [0.1, 0.15) is 47.2 Å². The Balaban J connectivity index is 2.02. The van der Waals surface area contributed by atoms with Crippen LogP contribution in [0.15, 0.2) is 24.5 Å².